The van der Waals surface area contributed by atoms with Crippen molar-refractivity contribution < 1.29 is 28.6 Å². The summed E-state index contributed by atoms with van der Waals surface area (Å²) < 4.78 is 22.2. The van der Waals surface area contributed by atoms with E-state index in [2.05, 4.69) is 29.6 Å². The zero-order valence-electron chi connectivity index (χ0n) is 20.5. The van der Waals surface area contributed by atoms with Crippen molar-refractivity contribution in [2.45, 2.75) is 12.5 Å². The second-order valence-corrected chi connectivity index (χ2v) is 8.43. The van der Waals surface area contributed by atoms with Crippen LogP contribution >= 0.6 is 0 Å². The molecule has 0 saturated heterocycles. The molecule has 0 fully saturated rings. The van der Waals surface area contributed by atoms with Gasteiger partial charge >= 0.3 is 0 Å². The van der Waals surface area contributed by atoms with Crippen LogP contribution < -0.4 is 29.2 Å². The van der Waals surface area contributed by atoms with Crippen LogP contribution in [-0.2, 0) is 11.2 Å². The third-order valence-corrected chi connectivity index (χ3v) is 6.35. The van der Waals surface area contributed by atoms with Gasteiger partial charge in [0, 0.05) is 17.5 Å². The summed E-state index contributed by atoms with van der Waals surface area (Å²) in [6.45, 7) is 1.99. The Labute approximate surface area is 206 Å². The Morgan fingerprint density at radius 1 is 0.886 bits per heavy atom. The maximum Gasteiger partial charge on any atom is 0.275 e. The van der Waals surface area contributed by atoms with Gasteiger partial charge in [-0.3, -0.25) is 4.79 Å². The second kappa shape index (κ2) is 11.6. The first kappa shape index (κ1) is 24.4. The van der Waals surface area contributed by atoms with Crippen LogP contribution in [0, 0.1) is 0 Å². The highest BCUT2D eigenvalue weighted by Crippen LogP contribution is 2.36. The number of carbonyl (C=O) groups is 1. The van der Waals surface area contributed by atoms with Crippen LogP contribution in [0.1, 0.15) is 22.7 Å². The van der Waals surface area contributed by atoms with E-state index >= 15 is 0 Å². The van der Waals surface area contributed by atoms with Gasteiger partial charge in [-0.1, -0.05) is 42.5 Å². The van der Waals surface area contributed by atoms with E-state index in [0.29, 0.717) is 36.9 Å². The van der Waals surface area contributed by atoms with Crippen molar-refractivity contribution in [2.75, 3.05) is 47.6 Å². The van der Waals surface area contributed by atoms with Gasteiger partial charge in [-0.05, 0) is 29.8 Å². The minimum absolute atomic E-state index is 0.00603. The molecular weight excluding hydrogens is 444 g/mol. The maximum atomic E-state index is 12.9. The van der Waals surface area contributed by atoms with Crippen molar-refractivity contribution in [1.82, 2.24) is 5.32 Å². The number of methoxy groups -OCH3 is 3. The molecule has 0 saturated carbocycles. The highest BCUT2D eigenvalue weighted by Gasteiger charge is 2.34. The number of hydrogen-bond donors (Lipinski definition) is 2. The van der Waals surface area contributed by atoms with Gasteiger partial charge in [-0.15, -0.1) is 0 Å². The van der Waals surface area contributed by atoms with E-state index in [0.717, 1.165) is 18.7 Å². The number of para-hydroxylation sites is 2. The van der Waals surface area contributed by atoms with Crippen molar-refractivity contribution >= 4 is 5.91 Å². The van der Waals surface area contributed by atoms with Crippen molar-refractivity contribution in [3.05, 3.63) is 83.4 Å². The number of rotatable bonds is 10. The van der Waals surface area contributed by atoms with E-state index in [1.165, 1.54) is 21.6 Å². The van der Waals surface area contributed by atoms with Crippen LogP contribution in [0.4, 0.5) is 0 Å². The predicted octanol–water partition coefficient (Wildman–Crippen LogP) is 2.44. The lowest BCUT2D eigenvalue weighted by Gasteiger charge is -2.34. The molecule has 1 heterocycles. The summed E-state index contributed by atoms with van der Waals surface area (Å²) in [5, 5.41) is 3.00. The first-order valence-corrected chi connectivity index (χ1v) is 11.8. The molecule has 0 aromatic heterocycles. The number of ether oxygens (including phenoxy) is 4. The summed E-state index contributed by atoms with van der Waals surface area (Å²) in [6.07, 6.45) is 0.860. The fourth-order valence-corrected chi connectivity index (χ4v) is 4.69. The molecule has 7 heteroatoms. The smallest absolute Gasteiger partial charge is 0.275 e. The molecule has 1 amide bonds. The van der Waals surface area contributed by atoms with Crippen LogP contribution in [0.3, 0.4) is 0 Å². The molecule has 0 radical (unpaired) electrons. The summed E-state index contributed by atoms with van der Waals surface area (Å²) in [7, 11) is 4.91. The number of quaternary nitrogens is 1. The number of hydrogen-bond acceptors (Lipinski definition) is 5. The second-order valence-electron chi connectivity index (χ2n) is 8.43. The zero-order chi connectivity index (χ0) is 24.6. The Balaban J connectivity index is 1.45. The topological polar surface area (TPSA) is 70.5 Å². The van der Waals surface area contributed by atoms with Crippen molar-refractivity contribution in [3.63, 3.8) is 0 Å². The van der Waals surface area contributed by atoms with E-state index in [1.54, 1.807) is 21.3 Å². The van der Waals surface area contributed by atoms with Crippen LogP contribution in [-0.4, -0.2) is 53.5 Å². The van der Waals surface area contributed by atoms with Crippen molar-refractivity contribution in [3.8, 4) is 23.0 Å². The number of amides is 1. The van der Waals surface area contributed by atoms with Gasteiger partial charge in [0.25, 0.3) is 5.91 Å². The first-order valence-electron chi connectivity index (χ1n) is 11.8. The van der Waals surface area contributed by atoms with Gasteiger partial charge in [0.05, 0.1) is 34.4 Å². The third kappa shape index (κ3) is 5.69. The average Bonchev–Trinajstić information content (AvgIpc) is 2.90. The molecule has 2 N–H and O–H groups in total. The summed E-state index contributed by atoms with van der Waals surface area (Å²) >= 11 is 0. The minimum Gasteiger partial charge on any atom is -0.493 e. The van der Waals surface area contributed by atoms with Crippen LogP contribution in [0.25, 0.3) is 0 Å². The monoisotopic (exact) mass is 477 g/mol. The molecule has 4 rings (SSSR count). The molecule has 3 aromatic carbocycles. The van der Waals surface area contributed by atoms with Gasteiger partial charge in [0.1, 0.15) is 12.6 Å². The molecule has 184 valence electrons. The van der Waals surface area contributed by atoms with Crippen molar-refractivity contribution in [2.24, 2.45) is 0 Å². The average molecular weight is 478 g/mol. The lowest BCUT2D eigenvalue weighted by Crippen LogP contribution is -3.14. The van der Waals surface area contributed by atoms with Crippen LogP contribution in [0.2, 0.25) is 0 Å². The molecule has 2 unspecified atom stereocenters. The number of carbonyl (C=O) groups excluding carboxylic acids is 1. The highest BCUT2D eigenvalue weighted by atomic mass is 16.5. The van der Waals surface area contributed by atoms with Gasteiger partial charge in [0.2, 0.25) is 0 Å². The summed E-state index contributed by atoms with van der Waals surface area (Å²) in [6, 6.07) is 22.0. The van der Waals surface area contributed by atoms with E-state index in [1.807, 2.05) is 42.5 Å². The molecule has 2 atom stereocenters. The van der Waals surface area contributed by atoms with Crippen LogP contribution in [0.5, 0.6) is 23.0 Å². The Morgan fingerprint density at radius 3 is 2.26 bits per heavy atom. The molecule has 0 bridgehead atoms. The predicted molar refractivity (Wildman–Crippen MR) is 134 cm³/mol. The van der Waals surface area contributed by atoms with E-state index in [9.17, 15) is 4.79 Å². The zero-order valence-corrected chi connectivity index (χ0v) is 20.5. The lowest BCUT2D eigenvalue weighted by molar-refractivity contribution is -0.920. The highest BCUT2D eigenvalue weighted by molar-refractivity contribution is 5.76. The number of benzene rings is 3. The van der Waals surface area contributed by atoms with Gasteiger partial charge < -0.3 is 29.2 Å². The van der Waals surface area contributed by atoms with Gasteiger partial charge in [0.15, 0.2) is 29.5 Å². The molecule has 35 heavy (non-hydrogen) atoms. The fraction of sp³-hybridized carbons (Fsp3) is 0.321. The van der Waals surface area contributed by atoms with E-state index in [4.69, 9.17) is 18.9 Å². The molecule has 7 nitrogen and oxygen atoms in total. The molecular formula is C28H33N2O5+. The molecule has 0 aliphatic carbocycles. The Bertz CT molecular complexity index is 1140. The Morgan fingerprint density at radius 2 is 1.54 bits per heavy atom. The normalized spacial score (nSPS) is 16.7. The Kier molecular flexibility index (Phi) is 8.11. The standard InChI is InChI=1S/C28H32N2O5/c1-32-23-11-7-8-12-24(23)35-16-14-29-27(31)19-30-15-13-21-17-25(33-2)26(34-3)18-22(21)28(30)20-9-5-4-6-10-20/h4-12,17-18,28H,13-16,19H2,1-3H3,(H,29,31)/p+1. The van der Waals surface area contributed by atoms with E-state index < -0.39 is 0 Å². The number of fused-ring (bicyclic) bond motifs is 1. The third-order valence-electron chi connectivity index (χ3n) is 6.35. The summed E-state index contributed by atoms with van der Waals surface area (Å²) in [5.41, 5.74) is 3.57. The fourth-order valence-electron chi connectivity index (χ4n) is 4.69. The SMILES string of the molecule is COc1cc2c(cc1OC)C(c1ccccc1)[NH+](CC(=O)NCCOc1ccccc1OC)CC2. The van der Waals surface area contributed by atoms with Crippen LogP contribution in [0.15, 0.2) is 66.7 Å². The quantitative estimate of drug-likeness (QED) is 0.439. The summed E-state index contributed by atoms with van der Waals surface area (Å²) in [4.78, 5) is 14.1. The van der Waals surface area contributed by atoms with E-state index in [-0.39, 0.29) is 11.9 Å². The first-order chi connectivity index (χ1) is 17.1. The molecule has 1 aliphatic heterocycles. The molecule has 0 spiro atoms. The Hall–Kier alpha value is -3.71. The van der Waals surface area contributed by atoms with Crippen molar-refractivity contribution in [1.29, 1.82) is 0 Å². The largest absolute Gasteiger partial charge is 0.493 e. The summed E-state index contributed by atoms with van der Waals surface area (Å²) in [5.74, 6) is 2.76. The lowest BCUT2D eigenvalue weighted by atomic mass is 9.87. The maximum absolute atomic E-state index is 12.9. The van der Waals surface area contributed by atoms with Gasteiger partial charge in [-0.2, -0.15) is 0 Å². The van der Waals surface area contributed by atoms with Gasteiger partial charge in [-0.25, -0.2) is 0 Å². The number of nitrogens with one attached hydrogen (secondary N) is 2. The molecule has 3 aromatic rings. The molecule has 1 aliphatic rings. The minimum atomic E-state index is -0.00603.